The van der Waals surface area contributed by atoms with Crippen molar-refractivity contribution in [3.05, 3.63) is 46.5 Å². The van der Waals surface area contributed by atoms with Crippen LogP contribution in [0.3, 0.4) is 0 Å². The van der Waals surface area contributed by atoms with E-state index in [2.05, 4.69) is 17.2 Å². The number of hydrogen-bond donors (Lipinski definition) is 1. The van der Waals surface area contributed by atoms with Gasteiger partial charge in [0.2, 0.25) is 0 Å². The predicted molar refractivity (Wildman–Crippen MR) is 87.3 cm³/mol. The van der Waals surface area contributed by atoms with Crippen molar-refractivity contribution >= 4 is 11.6 Å². The molecule has 0 saturated heterocycles. The Labute approximate surface area is 134 Å². The van der Waals surface area contributed by atoms with E-state index in [4.69, 9.17) is 0 Å². The SMILES string of the molecule is C[C@@H](NC(=O)c1cnc2ccccn2c1=O)[C@H]1C[C@H]2CC[C@H]1C2. The van der Waals surface area contributed by atoms with Crippen LogP contribution < -0.4 is 10.9 Å². The molecule has 2 saturated carbocycles. The summed E-state index contributed by atoms with van der Waals surface area (Å²) < 4.78 is 1.41. The Balaban J connectivity index is 1.55. The van der Waals surface area contributed by atoms with Crippen molar-refractivity contribution in [1.82, 2.24) is 14.7 Å². The van der Waals surface area contributed by atoms with Crippen LogP contribution in [0.1, 0.15) is 43.0 Å². The van der Waals surface area contributed by atoms with Crippen LogP contribution in [-0.2, 0) is 0 Å². The number of amides is 1. The fourth-order valence-electron chi connectivity index (χ4n) is 4.48. The molecule has 4 rings (SSSR count). The first kappa shape index (κ1) is 14.4. The Morgan fingerprint density at radius 1 is 1.35 bits per heavy atom. The van der Waals surface area contributed by atoms with E-state index < -0.39 is 0 Å². The number of pyridine rings is 1. The molecule has 5 nitrogen and oxygen atoms in total. The Hall–Kier alpha value is -2.17. The highest BCUT2D eigenvalue weighted by atomic mass is 16.2. The lowest BCUT2D eigenvalue weighted by Gasteiger charge is -2.28. The summed E-state index contributed by atoms with van der Waals surface area (Å²) in [5.74, 6) is 1.83. The van der Waals surface area contributed by atoms with Gasteiger partial charge in [0.25, 0.3) is 11.5 Å². The summed E-state index contributed by atoms with van der Waals surface area (Å²) in [4.78, 5) is 29.2. The van der Waals surface area contributed by atoms with Crippen molar-refractivity contribution in [2.75, 3.05) is 0 Å². The molecule has 0 spiro atoms. The largest absolute Gasteiger partial charge is 0.349 e. The first-order valence-corrected chi connectivity index (χ1v) is 8.40. The van der Waals surface area contributed by atoms with Gasteiger partial charge in [-0.15, -0.1) is 0 Å². The van der Waals surface area contributed by atoms with Gasteiger partial charge in [0, 0.05) is 18.4 Å². The number of fused-ring (bicyclic) bond motifs is 3. The zero-order chi connectivity index (χ0) is 16.0. The third kappa shape index (κ3) is 2.44. The van der Waals surface area contributed by atoms with Gasteiger partial charge in [0.1, 0.15) is 11.2 Å². The molecule has 0 radical (unpaired) electrons. The van der Waals surface area contributed by atoms with Crippen molar-refractivity contribution in [3.63, 3.8) is 0 Å². The highest BCUT2D eigenvalue weighted by Gasteiger charge is 2.42. The summed E-state index contributed by atoms with van der Waals surface area (Å²) >= 11 is 0. The molecule has 0 aromatic carbocycles. The average molecular weight is 311 g/mol. The maximum absolute atomic E-state index is 12.5. The maximum Gasteiger partial charge on any atom is 0.270 e. The maximum atomic E-state index is 12.5. The second-order valence-corrected chi connectivity index (χ2v) is 7.01. The molecule has 2 aromatic rings. The second-order valence-electron chi connectivity index (χ2n) is 7.01. The van der Waals surface area contributed by atoms with Crippen LogP contribution in [0.25, 0.3) is 5.65 Å². The molecule has 0 aliphatic heterocycles. The Kier molecular flexibility index (Phi) is 3.43. The highest BCUT2D eigenvalue weighted by Crippen LogP contribution is 2.49. The van der Waals surface area contributed by atoms with Crippen LogP contribution in [0.15, 0.2) is 35.4 Å². The molecule has 2 fully saturated rings. The Morgan fingerprint density at radius 3 is 2.96 bits per heavy atom. The van der Waals surface area contributed by atoms with Gasteiger partial charge >= 0.3 is 0 Å². The van der Waals surface area contributed by atoms with E-state index in [-0.39, 0.29) is 23.1 Å². The molecule has 2 aliphatic rings. The smallest absolute Gasteiger partial charge is 0.270 e. The summed E-state index contributed by atoms with van der Waals surface area (Å²) in [5, 5.41) is 3.04. The second kappa shape index (κ2) is 5.48. The summed E-state index contributed by atoms with van der Waals surface area (Å²) in [6.07, 6.45) is 8.18. The van der Waals surface area contributed by atoms with Gasteiger partial charge in [0.15, 0.2) is 0 Å². The van der Waals surface area contributed by atoms with E-state index in [1.165, 1.54) is 36.3 Å². The standard InChI is InChI=1S/C18H21N3O2/c1-11(14-9-12-5-6-13(14)8-12)20-17(22)15-10-19-16-4-2-3-7-21(16)18(15)23/h2-4,7,10-14H,5-6,8-9H2,1H3,(H,20,22)/t11-,12+,13+,14-/m1/s1. The van der Waals surface area contributed by atoms with Gasteiger partial charge in [-0.2, -0.15) is 0 Å². The minimum absolute atomic E-state index is 0.105. The first-order valence-electron chi connectivity index (χ1n) is 8.40. The van der Waals surface area contributed by atoms with Crippen molar-refractivity contribution in [3.8, 4) is 0 Å². The molecule has 1 N–H and O–H groups in total. The number of rotatable bonds is 3. The normalized spacial score (nSPS) is 27.3. The van der Waals surface area contributed by atoms with Crippen LogP contribution >= 0.6 is 0 Å². The van der Waals surface area contributed by atoms with Crippen molar-refractivity contribution < 1.29 is 4.79 Å². The molecule has 5 heteroatoms. The first-order chi connectivity index (χ1) is 11.1. The third-order valence-corrected chi connectivity index (χ3v) is 5.65. The Morgan fingerprint density at radius 2 is 2.22 bits per heavy atom. The lowest BCUT2D eigenvalue weighted by molar-refractivity contribution is 0.0913. The molecule has 2 aliphatic carbocycles. The number of nitrogens with zero attached hydrogens (tertiary/aromatic N) is 2. The molecule has 0 unspecified atom stereocenters. The molecule has 120 valence electrons. The van der Waals surface area contributed by atoms with E-state index in [9.17, 15) is 9.59 Å². The molecule has 2 heterocycles. The van der Waals surface area contributed by atoms with Crippen molar-refractivity contribution in [2.24, 2.45) is 17.8 Å². The number of aromatic nitrogens is 2. The van der Waals surface area contributed by atoms with Gasteiger partial charge in [-0.05, 0) is 56.1 Å². The Bertz CT molecular complexity index is 813. The van der Waals surface area contributed by atoms with Gasteiger partial charge in [-0.1, -0.05) is 12.5 Å². The fourth-order valence-corrected chi connectivity index (χ4v) is 4.48. The molecule has 4 atom stereocenters. The van der Waals surface area contributed by atoms with E-state index in [1.807, 2.05) is 6.07 Å². The molecule has 2 aromatic heterocycles. The minimum Gasteiger partial charge on any atom is -0.349 e. The van der Waals surface area contributed by atoms with Crippen LogP contribution in [0.2, 0.25) is 0 Å². The monoisotopic (exact) mass is 311 g/mol. The predicted octanol–water partition coefficient (Wildman–Crippen LogP) is 2.25. The molecule has 1 amide bonds. The lowest BCUT2D eigenvalue weighted by Crippen LogP contribution is -2.42. The summed E-state index contributed by atoms with van der Waals surface area (Å²) in [6.45, 7) is 2.06. The van der Waals surface area contributed by atoms with E-state index >= 15 is 0 Å². The van der Waals surface area contributed by atoms with Gasteiger partial charge in [-0.3, -0.25) is 14.0 Å². The van der Waals surface area contributed by atoms with E-state index in [0.29, 0.717) is 11.6 Å². The molecule has 2 bridgehead atoms. The fraction of sp³-hybridized carbons (Fsp3) is 0.500. The van der Waals surface area contributed by atoms with E-state index in [0.717, 1.165) is 11.8 Å². The van der Waals surface area contributed by atoms with Crippen LogP contribution in [0, 0.1) is 17.8 Å². The lowest BCUT2D eigenvalue weighted by atomic mass is 9.84. The topological polar surface area (TPSA) is 63.5 Å². The molecular weight excluding hydrogens is 290 g/mol. The number of hydrogen-bond acceptors (Lipinski definition) is 3. The van der Waals surface area contributed by atoms with E-state index in [1.54, 1.807) is 18.3 Å². The van der Waals surface area contributed by atoms with Crippen molar-refractivity contribution in [2.45, 2.75) is 38.6 Å². The zero-order valence-corrected chi connectivity index (χ0v) is 13.2. The van der Waals surface area contributed by atoms with Gasteiger partial charge in [0.05, 0.1) is 0 Å². The summed E-state index contributed by atoms with van der Waals surface area (Å²) in [6, 6.07) is 5.43. The number of carbonyl (C=O) groups excluding carboxylic acids is 1. The van der Waals surface area contributed by atoms with Crippen molar-refractivity contribution in [1.29, 1.82) is 0 Å². The minimum atomic E-state index is -0.312. The van der Waals surface area contributed by atoms with Gasteiger partial charge in [-0.25, -0.2) is 4.98 Å². The summed E-state index contributed by atoms with van der Waals surface area (Å²) in [7, 11) is 0. The van der Waals surface area contributed by atoms with Crippen LogP contribution in [-0.4, -0.2) is 21.3 Å². The average Bonchev–Trinajstić information content (AvgIpc) is 3.18. The van der Waals surface area contributed by atoms with Crippen LogP contribution in [0.5, 0.6) is 0 Å². The van der Waals surface area contributed by atoms with Gasteiger partial charge < -0.3 is 5.32 Å². The summed E-state index contributed by atoms with van der Waals surface area (Å²) in [5.41, 5.74) is 0.354. The quantitative estimate of drug-likeness (QED) is 0.945. The third-order valence-electron chi connectivity index (χ3n) is 5.65. The zero-order valence-electron chi connectivity index (χ0n) is 13.2. The number of nitrogens with one attached hydrogen (secondary N) is 1. The highest BCUT2D eigenvalue weighted by molar-refractivity contribution is 5.93. The molecule has 23 heavy (non-hydrogen) atoms. The van der Waals surface area contributed by atoms with Crippen LogP contribution in [0.4, 0.5) is 0 Å². The molecular formula is C18H21N3O2. The number of carbonyl (C=O) groups is 1.